The van der Waals surface area contributed by atoms with Crippen LogP contribution in [-0.4, -0.2) is 36.0 Å². The van der Waals surface area contributed by atoms with Crippen molar-refractivity contribution < 1.29 is 4.79 Å². The van der Waals surface area contributed by atoms with Gasteiger partial charge in [0, 0.05) is 25.6 Å². The van der Waals surface area contributed by atoms with E-state index in [0.29, 0.717) is 6.54 Å². The van der Waals surface area contributed by atoms with Gasteiger partial charge in [0.05, 0.1) is 6.54 Å². The molecule has 0 bridgehead atoms. The topological polar surface area (TPSA) is 78.9 Å². The number of hydrogen-bond donors (Lipinski definition) is 3. The average molecular weight is 279 g/mol. The van der Waals surface area contributed by atoms with Crippen molar-refractivity contribution in [2.45, 2.75) is 40.0 Å². The van der Waals surface area contributed by atoms with E-state index in [9.17, 15) is 4.79 Å². The van der Waals surface area contributed by atoms with Crippen molar-refractivity contribution >= 4 is 17.5 Å². The van der Waals surface area contributed by atoms with Gasteiger partial charge in [0.1, 0.15) is 17.5 Å². The maximum atomic E-state index is 11.6. The SMILES string of the molecule is CCCNC(=O)CNc1nc(CCC)nc(NC)c1C. The summed E-state index contributed by atoms with van der Waals surface area (Å²) >= 11 is 0. The van der Waals surface area contributed by atoms with E-state index in [0.717, 1.165) is 42.3 Å². The molecule has 0 aromatic carbocycles. The van der Waals surface area contributed by atoms with Gasteiger partial charge < -0.3 is 16.0 Å². The van der Waals surface area contributed by atoms with Crippen LogP contribution in [0.4, 0.5) is 11.6 Å². The first kappa shape index (κ1) is 16.2. The number of aryl methyl sites for hydroxylation is 1. The zero-order valence-corrected chi connectivity index (χ0v) is 12.8. The van der Waals surface area contributed by atoms with E-state index in [4.69, 9.17) is 0 Å². The number of nitrogens with zero attached hydrogens (tertiary/aromatic N) is 2. The Labute approximate surface area is 120 Å². The Morgan fingerprint density at radius 2 is 1.85 bits per heavy atom. The van der Waals surface area contributed by atoms with Gasteiger partial charge in [0.25, 0.3) is 0 Å². The number of anilines is 2. The van der Waals surface area contributed by atoms with E-state index < -0.39 is 0 Å². The summed E-state index contributed by atoms with van der Waals surface area (Å²) in [5.74, 6) is 2.30. The number of aromatic nitrogens is 2. The zero-order chi connectivity index (χ0) is 15.0. The van der Waals surface area contributed by atoms with E-state index in [-0.39, 0.29) is 12.5 Å². The second-order valence-corrected chi connectivity index (χ2v) is 4.67. The number of rotatable bonds is 8. The Kier molecular flexibility index (Phi) is 6.76. The largest absolute Gasteiger partial charge is 0.373 e. The monoisotopic (exact) mass is 279 g/mol. The molecule has 112 valence electrons. The number of carbonyl (C=O) groups is 1. The highest BCUT2D eigenvalue weighted by atomic mass is 16.1. The molecule has 3 N–H and O–H groups in total. The quantitative estimate of drug-likeness (QED) is 0.675. The van der Waals surface area contributed by atoms with Gasteiger partial charge >= 0.3 is 0 Å². The Hall–Kier alpha value is -1.85. The van der Waals surface area contributed by atoms with Gasteiger partial charge in [-0.3, -0.25) is 4.79 Å². The third-order valence-corrected chi connectivity index (χ3v) is 2.89. The maximum Gasteiger partial charge on any atom is 0.239 e. The van der Waals surface area contributed by atoms with E-state index in [1.807, 2.05) is 20.9 Å². The minimum Gasteiger partial charge on any atom is -0.373 e. The lowest BCUT2D eigenvalue weighted by Gasteiger charge is -2.13. The molecule has 0 unspecified atom stereocenters. The van der Waals surface area contributed by atoms with Crippen molar-refractivity contribution in [3.05, 3.63) is 11.4 Å². The lowest BCUT2D eigenvalue weighted by molar-refractivity contribution is -0.119. The average Bonchev–Trinajstić information content (AvgIpc) is 2.45. The Bertz CT molecular complexity index is 447. The molecule has 0 aliphatic heterocycles. The molecule has 1 heterocycles. The standard InChI is InChI=1S/C14H25N5O/c1-5-7-11-18-13(15-4)10(3)14(19-11)17-9-12(20)16-8-6-2/h5-9H2,1-4H3,(H,16,20)(H2,15,17,18,19). The van der Waals surface area contributed by atoms with Crippen LogP contribution in [-0.2, 0) is 11.2 Å². The fourth-order valence-corrected chi connectivity index (χ4v) is 1.80. The van der Waals surface area contributed by atoms with Crippen molar-refractivity contribution in [1.29, 1.82) is 0 Å². The van der Waals surface area contributed by atoms with Crippen LogP contribution in [0.15, 0.2) is 0 Å². The first-order valence-electron chi connectivity index (χ1n) is 7.18. The zero-order valence-electron chi connectivity index (χ0n) is 12.8. The van der Waals surface area contributed by atoms with Gasteiger partial charge in [-0.2, -0.15) is 0 Å². The minimum atomic E-state index is -0.0205. The maximum absolute atomic E-state index is 11.6. The summed E-state index contributed by atoms with van der Waals surface area (Å²) < 4.78 is 0. The summed E-state index contributed by atoms with van der Waals surface area (Å²) in [6, 6.07) is 0. The highest BCUT2D eigenvalue weighted by Gasteiger charge is 2.10. The third-order valence-electron chi connectivity index (χ3n) is 2.89. The Morgan fingerprint density at radius 1 is 1.15 bits per heavy atom. The fraction of sp³-hybridized carbons (Fsp3) is 0.643. The lowest BCUT2D eigenvalue weighted by atomic mass is 10.2. The van der Waals surface area contributed by atoms with Crippen LogP contribution in [0, 0.1) is 6.92 Å². The molecule has 0 spiro atoms. The summed E-state index contributed by atoms with van der Waals surface area (Å²) in [6.07, 6.45) is 2.75. The van der Waals surface area contributed by atoms with E-state index in [1.54, 1.807) is 0 Å². The smallest absolute Gasteiger partial charge is 0.239 e. The highest BCUT2D eigenvalue weighted by molar-refractivity contribution is 5.80. The van der Waals surface area contributed by atoms with Gasteiger partial charge in [0.2, 0.25) is 5.91 Å². The molecule has 0 radical (unpaired) electrons. The molecule has 1 rings (SSSR count). The molecular weight excluding hydrogens is 254 g/mol. The van der Waals surface area contributed by atoms with E-state index >= 15 is 0 Å². The van der Waals surface area contributed by atoms with Crippen molar-refractivity contribution in [3.8, 4) is 0 Å². The van der Waals surface area contributed by atoms with Gasteiger partial charge in [-0.1, -0.05) is 13.8 Å². The molecule has 20 heavy (non-hydrogen) atoms. The number of carbonyl (C=O) groups excluding carboxylic acids is 1. The van der Waals surface area contributed by atoms with Crippen LogP contribution in [0.1, 0.15) is 38.1 Å². The molecule has 0 atom stereocenters. The molecular formula is C14H25N5O. The second kappa shape index (κ2) is 8.35. The molecule has 0 aliphatic carbocycles. The summed E-state index contributed by atoms with van der Waals surface area (Å²) in [5.41, 5.74) is 0.927. The summed E-state index contributed by atoms with van der Waals surface area (Å²) in [4.78, 5) is 20.6. The van der Waals surface area contributed by atoms with E-state index in [2.05, 4.69) is 32.8 Å². The Balaban J connectivity index is 2.77. The fourth-order valence-electron chi connectivity index (χ4n) is 1.80. The summed E-state index contributed by atoms with van der Waals surface area (Å²) in [6.45, 7) is 6.98. The molecule has 6 nitrogen and oxygen atoms in total. The predicted molar refractivity (Wildman–Crippen MR) is 82.1 cm³/mol. The second-order valence-electron chi connectivity index (χ2n) is 4.67. The molecule has 1 aromatic heterocycles. The first-order valence-corrected chi connectivity index (χ1v) is 7.18. The molecule has 1 aromatic rings. The highest BCUT2D eigenvalue weighted by Crippen LogP contribution is 2.19. The minimum absolute atomic E-state index is 0.0205. The van der Waals surface area contributed by atoms with Gasteiger partial charge in [-0.15, -0.1) is 0 Å². The normalized spacial score (nSPS) is 10.2. The number of amides is 1. The van der Waals surface area contributed by atoms with Crippen LogP contribution in [0.25, 0.3) is 0 Å². The number of nitrogens with one attached hydrogen (secondary N) is 3. The van der Waals surface area contributed by atoms with E-state index in [1.165, 1.54) is 0 Å². The van der Waals surface area contributed by atoms with Gasteiger partial charge in [-0.05, 0) is 19.8 Å². The number of hydrogen-bond acceptors (Lipinski definition) is 5. The van der Waals surface area contributed by atoms with Crippen LogP contribution in [0.3, 0.4) is 0 Å². The van der Waals surface area contributed by atoms with Crippen LogP contribution >= 0.6 is 0 Å². The molecule has 1 amide bonds. The molecule has 0 aliphatic rings. The Morgan fingerprint density at radius 3 is 2.45 bits per heavy atom. The molecule has 0 fully saturated rings. The lowest BCUT2D eigenvalue weighted by Crippen LogP contribution is -2.30. The van der Waals surface area contributed by atoms with Crippen molar-refractivity contribution in [1.82, 2.24) is 15.3 Å². The van der Waals surface area contributed by atoms with Gasteiger partial charge in [0.15, 0.2) is 0 Å². The molecule has 0 saturated heterocycles. The first-order chi connectivity index (χ1) is 9.62. The summed E-state index contributed by atoms with van der Waals surface area (Å²) in [5, 5.41) is 8.99. The molecule has 0 saturated carbocycles. The predicted octanol–water partition coefficient (Wildman–Crippen LogP) is 1.72. The van der Waals surface area contributed by atoms with Crippen LogP contribution in [0.5, 0.6) is 0 Å². The van der Waals surface area contributed by atoms with Crippen molar-refractivity contribution in [2.24, 2.45) is 0 Å². The van der Waals surface area contributed by atoms with Crippen molar-refractivity contribution in [3.63, 3.8) is 0 Å². The van der Waals surface area contributed by atoms with Crippen molar-refractivity contribution in [2.75, 3.05) is 30.8 Å². The van der Waals surface area contributed by atoms with Gasteiger partial charge in [-0.25, -0.2) is 9.97 Å². The van der Waals surface area contributed by atoms with Crippen LogP contribution in [0.2, 0.25) is 0 Å². The molecule has 6 heteroatoms. The third kappa shape index (κ3) is 4.68. The summed E-state index contributed by atoms with van der Waals surface area (Å²) in [7, 11) is 1.84. The van der Waals surface area contributed by atoms with Crippen LogP contribution < -0.4 is 16.0 Å².